The van der Waals surface area contributed by atoms with Gasteiger partial charge in [-0.1, -0.05) is 6.07 Å². The van der Waals surface area contributed by atoms with Crippen LogP contribution in [-0.2, 0) is 23.1 Å². The molecule has 0 saturated carbocycles. The van der Waals surface area contributed by atoms with Gasteiger partial charge in [0.15, 0.2) is 0 Å². The molecular formula is C17H18N4O4S2. The predicted octanol–water partition coefficient (Wildman–Crippen LogP) is 1.84. The summed E-state index contributed by atoms with van der Waals surface area (Å²) in [5, 5.41) is 6.17. The average Bonchev–Trinajstić information content (AvgIpc) is 3.36. The van der Waals surface area contributed by atoms with Crippen LogP contribution in [0.25, 0.3) is 10.8 Å². The molecule has 0 unspecified atom stereocenters. The standard InChI is InChI=1S/C17H18N4O4S2/c1-19(2)27(23,24)13-5-6-14-12(10-13)7-8-20(14)11-21-17(22)25-16(18-21)15-4-3-9-26-15/h3-6,9-10H,7-8,11H2,1-2H3. The zero-order chi connectivity index (χ0) is 19.2. The zero-order valence-corrected chi connectivity index (χ0v) is 16.5. The van der Waals surface area contributed by atoms with Crippen molar-refractivity contribution in [2.24, 2.45) is 0 Å². The maximum Gasteiger partial charge on any atom is 0.439 e. The third-order valence-corrected chi connectivity index (χ3v) is 7.13. The SMILES string of the molecule is CN(C)S(=O)(=O)c1ccc2c(c1)CCN2Cn1nc(-c2cccs2)oc1=O. The van der Waals surface area contributed by atoms with E-state index in [0.29, 0.717) is 18.9 Å². The third-order valence-electron chi connectivity index (χ3n) is 4.46. The Balaban J connectivity index is 1.60. The van der Waals surface area contributed by atoms with Crippen molar-refractivity contribution < 1.29 is 12.8 Å². The quantitative estimate of drug-likeness (QED) is 0.642. The van der Waals surface area contributed by atoms with Gasteiger partial charge in [0.1, 0.15) is 6.67 Å². The highest BCUT2D eigenvalue weighted by molar-refractivity contribution is 7.89. The molecule has 3 heterocycles. The second-order valence-electron chi connectivity index (χ2n) is 6.38. The summed E-state index contributed by atoms with van der Waals surface area (Å²) in [6.45, 7) is 0.926. The van der Waals surface area contributed by atoms with Crippen LogP contribution < -0.4 is 10.7 Å². The molecule has 0 spiro atoms. The monoisotopic (exact) mass is 406 g/mol. The van der Waals surface area contributed by atoms with Gasteiger partial charge in [0, 0.05) is 26.3 Å². The van der Waals surface area contributed by atoms with E-state index in [-0.39, 0.29) is 11.6 Å². The Morgan fingerprint density at radius 2 is 2.11 bits per heavy atom. The number of anilines is 1. The zero-order valence-electron chi connectivity index (χ0n) is 14.8. The van der Waals surface area contributed by atoms with Gasteiger partial charge < -0.3 is 9.32 Å². The van der Waals surface area contributed by atoms with Crippen molar-refractivity contribution in [1.82, 2.24) is 14.1 Å². The van der Waals surface area contributed by atoms with E-state index in [1.807, 2.05) is 22.4 Å². The Morgan fingerprint density at radius 3 is 2.81 bits per heavy atom. The van der Waals surface area contributed by atoms with E-state index in [2.05, 4.69) is 5.10 Å². The fourth-order valence-electron chi connectivity index (χ4n) is 3.02. The number of aromatic nitrogens is 2. The van der Waals surface area contributed by atoms with Crippen LogP contribution in [0.1, 0.15) is 5.56 Å². The first kappa shape index (κ1) is 18.0. The highest BCUT2D eigenvalue weighted by Crippen LogP contribution is 2.31. The van der Waals surface area contributed by atoms with E-state index in [4.69, 9.17) is 4.42 Å². The summed E-state index contributed by atoms with van der Waals surface area (Å²) in [4.78, 5) is 15.2. The van der Waals surface area contributed by atoms with Crippen LogP contribution in [0.15, 0.2) is 49.8 Å². The van der Waals surface area contributed by atoms with Gasteiger partial charge in [0.05, 0.1) is 9.77 Å². The summed E-state index contributed by atoms with van der Waals surface area (Å²) in [6, 6.07) is 8.79. The average molecular weight is 406 g/mol. The lowest BCUT2D eigenvalue weighted by atomic mass is 10.2. The van der Waals surface area contributed by atoms with Gasteiger partial charge in [-0.15, -0.1) is 16.4 Å². The van der Waals surface area contributed by atoms with E-state index in [1.165, 1.54) is 34.4 Å². The number of sulfonamides is 1. The lowest BCUT2D eigenvalue weighted by Gasteiger charge is -2.19. The van der Waals surface area contributed by atoms with Crippen molar-refractivity contribution in [2.45, 2.75) is 18.0 Å². The molecule has 10 heteroatoms. The van der Waals surface area contributed by atoms with Crippen molar-refractivity contribution in [3.8, 4) is 10.8 Å². The Morgan fingerprint density at radius 1 is 1.30 bits per heavy atom. The van der Waals surface area contributed by atoms with E-state index in [1.54, 1.807) is 18.2 Å². The number of nitrogens with zero attached hydrogens (tertiary/aromatic N) is 4. The lowest BCUT2D eigenvalue weighted by molar-refractivity contribution is 0.477. The molecule has 1 aliphatic rings. The molecule has 0 bridgehead atoms. The third kappa shape index (κ3) is 3.20. The molecule has 2 aromatic heterocycles. The van der Waals surface area contributed by atoms with Crippen LogP contribution >= 0.6 is 11.3 Å². The molecule has 0 atom stereocenters. The molecule has 0 amide bonds. The first-order valence-electron chi connectivity index (χ1n) is 8.28. The highest BCUT2D eigenvalue weighted by Gasteiger charge is 2.25. The minimum absolute atomic E-state index is 0.250. The Labute approximate surface area is 160 Å². The van der Waals surface area contributed by atoms with Crippen LogP contribution in [0.3, 0.4) is 0 Å². The number of hydrogen-bond acceptors (Lipinski definition) is 7. The summed E-state index contributed by atoms with van der Waals surface area (Å²) in [5.74, 6) is -0.208. The fourth-order valence-corrected chi connectivity index (χ4v) is 4.62. The highest BCUT2D eigenvalue weighted by atomic mass is 32.2. The largest absolute Gasteiger partial charge is 0.439 e. The molecule has 4 rings (SSSR count). The Bertz CT molecular complexity index is 1130. The van der Waals surface area contributed by atoms with Crippen molar-refractivity contribution >= 4 is 27.0 Å². The van der Waals surface area contributed by atoms with Crippen molar-refractivity contribution in [3.05, 3.63) is 51.8 Å². The van der Waals surface area contributed by atoms with Gasteiger partial charge in [-0.05, 0) is 41.6 Å². The summed E-state index contributed by atoms with van der Waals surface area (Å²) < 4.78 is 32.3. The molecule has 27 heavy (non-hydrogen) atoms. The van der Waals surface area contributed by atoms with Gasteiger partial charge in [-0.25, -0.2) is 17.5 Å². The number of benzene rings is 1. The van der Waals surface area contributed by atoms with E-state index < -0.39 is 15.8 Å². The van der Waals surface area contributed by atoms with Gasteiger partial charge in [0.2, 0.25) is 10.0 Å². The smallest absolute Gasteiger partial charge is 0.387 e. The van der Waals surface area contributed by atoms with Crippen LogP contribution in [0.4, 0.5) is 5.69 Å². The lowest BCUT2D eigenvalue weighted by Crippen LogP contribution is -2.30. The van der Waals surface area contributed by atoms with Crippen LogP contribution in [0.2, 0.25) is 0 Å². The molecule has 3 aromatic rings. The van der Waals surface area contributed by atoms with Crippen LogP contribution in [0.5, 0.6) is 0 Å². The van der Waals surface area contributed by atoms with Gasteiger partial charge >= 0.3 is 5.76 Å². The maximum absolute atomic E-state index is 12.3. The molecule has 142 valence electrons. The number of rotatable bonds is 5. The van der Waals surface area contributed by atoms with E-state index in [9.17, 15) is 13.2 Å². The molecular weight excluding hydrogens is 388 g/mol. The molecule has 0 saturated heterocycles. The minimum Gasteiger partial charge on any atom is -0.387 e. The van der Waals surface area contributed by atoms with Crippen molar-refractivity contribution in [3.63, 3.8) is 0 Å². The first-order valence-corrected chi connectivity index (χ1v) is 10.6. The topological polar surface area (TPSA) is 88.7 Å². The molecule has 1 aliphatic heterocycles. The van der Waals surface area contributed by atoms with Crippen molar-refractivity contribution in [1.29, 1.82) is 0 Å². The molecule has 0 N–H and O–H groups in total. The molecule has 0 radical (unpaired) electrons. The van der Waals surface area contributed by atoms with Crippen LogP contribution in [-0.4, -0.2) is 43.1 Å². The van der Waals surface area contributed by atoms with Crippen LogP contribution in [0, 0.1) is 0 Å². The van der Waals surface area contributed by atoms with Gasteiger partial charge in [-0.2, -0.15) is 4.68 Å². The normalized spacial score (nSPS) is 14.1. The van der Waals surface area contributed by atoms with E-state index >= 15 is 0 Å². The predicted molar refractivity (Wildman–Crippen MR) is 102 cm³/mol. The summed E-state index contributed by atoms with van der Waals surface area (Å²) in [7, 11) is -0.448. The second-order valence-corrected chi connectivity index (χ2v) is 9.48. The summed E-state index contributed by atoms with van der Waals surface area (Å²) in [5.41, 5.74) is 1.84. The Kier molecular flexibility index (Phi) is 4.41. The molecule has 1 aromatic carbocycles. The summed E-state index contributed by atoms with van der Waals surface area (Å²) in [6.07, 6.45) is 0.705. The van der Waals surface area contributed by atoms with Crippen molar-refractivity contribution in [2.75, 3.05) is 25.5 Å². The fraction of sp³-hybridized carbons (Fsp3) is 0.294. The second kappa shape index (κ2) is 6.63. The first-order chi connectivity index (χ1) is 12.9. The van der Waals surface area contributed by atoms with Gasteiger partial charge in [-0.3, -0.25) is 0 Å². The number of thiophene rings is 1. The Hall–Kier alpha value is -2.43. The number of fused-ring (bicyclic) bond motifs is 1. The van der Waals surface area contributed by atoms with Gasteiger partial charge in [0.25, 0.3) is 5.89 Å². The maximum atomic E-state index is 12.3. The minimum atomic E-state index is -3.47. The molecule has 8 nitrogen and oxygen atoms in total. The van der Waals surface area contributed by atoms with E-state index in [0.717, 1.165) is 16.1 Å². The summed E-state index contributed by atoms with van der Waals surface area (Å²) >= 11 is 1.45. The molecule has 0 aliphatic carbocycles. The number of hydrogen-bond donors (Lipinski definition) is 0. The molecule has 0 fully saturated rings.